The van der Waals surface area contributed by atoms with Gasteiger partial charge in [0, 0.05) is 32.2 Å². The molecule has 0 aromatic rings. The first-order chi connectivity index (χ1) is 14.0. The predicted octanol–water partition coefficient (Wildman–Crippen LogP) is 1.62. The van der Waals surface area contributed by atoms with E-state index in [1.165, 1.54) is 0 Å². The lowest BCUT2D eigenvalue weighted by atomic mass is 10.1. The first-order valence-corrected chi connectivity index (χ1v) is 10.9. The van der Waals surface area contributed by atoms with E-state index in [4.69, 9.17) is 23.7 Å². The number of carbonyl (C=O) groups excluding carboxylic acids is 1. The fraction of sp³-hybridized carbons (Fsp3) is 0.952. The van der Waals surface area contributed by atoms with Crippen molar-refractivity contribution >= 4 is 5.91 Å². The smallest absolute Gasteiger partial charge is 0.222 e. The summed E-state index contributed by atoms with van der Waals surface area (Å²) < 4.78 is 27.1. The summed E-state index contributed by atoms with van der Waals surface area (Å²) in [5.74, 6) is 0.619. The maximum atomic E-state index is 11.6. The van der Waals surface area contributed by atoms with E-state index in [0.29, 0.717) is 84.4 Å². The van der Waals surface area contributed by atoms with Crippen molar-refractivity contribution in [3.05, 3.63) is 0 Å². The Morgan fingerprint density at radius 2 is 1.14 bits per heavy atom. The molecule has 0 aliphatic rings. The molecule has 0 aromatic carbocycles. The molecule has 0 fully saturated rings. The Labute approximate surface area is 177 Å². The third-order valence-corrected chi connectivity index (χ3v) is 3.80. The summed E-state index contributed by atoms with van der Waals surface area (Å²) in [6, 6.07) is 0.484. The fourth-order valence-corrected chi connectivity index (χ4v) is 2.12. The van der Waals surface area contributed by atoms with Crippen molar-refractivity contribution in [2.75, 3.05) is 79.2 Å². The Bertz CT molecular complexity index is 356. The van der Waals surface area contributed by atoms with Crippen LogP contribution in [0.5, 0.6) is 0 Å². The Hall–Kier alpha value is -0.770. The molecule has 0 rings (SSSR count). The first kappa shape index (κ1) is 28.2. The molecule has 174 valence electrons. The second-order valence-corrected chi connectivity index (χ2v) is 7.45. The topological polar surface area (TPSA) is 87.3 Å². The van der Waals surface area contributed by atoms with Crippen LogP contribution in [-0.4, -0.2) is 91.1 Å². The second-order valence-electron chi connectivity index (χ2n) is 7.45. The van der Waals surface area contributed by atoms with Gasteiger partial charge in [0.15, 0.2) is 0 Å². The molecule has 0 aromatic heterocycles. The zero-order valence-corrected chi connectivity index (χ0v) is 19.0. The van der Waals surface area contributed by atoms with Crippen LogP contribution in [0.3, 0.4) is 0 Å². The van der Waals surface area contributed by atoms with Gasteiger partial charge < -0.3 is 34.3 Å². The van der Waals surface area contributed by atoms with Crippen molar-refractivity contribution in [3.8, 4) is 0 Å². The highest BCUT2D eigenvalue weighted by Crippen LogP contribution is 1.98. The second kappa shape index (κ2) is 21.9. The van der Waals surface area contributed by atoms with Gasteiger partial charge in [-0.15, -0.1) is 0 Å². The number of nitrogens with one attached hydrogen (secondary N) is 2. The monoisotopic (exact) mass is 420 g/mol. The molecule has 8 heteroatoms. The van der Waals surface area contributed by atoms with E-state index in [-0.39, 0.29) is 5.91 Å². The lowest BCUT2D eigenvalue weighted by Crippen LogP contribution is -2.28. The first-order valence-electron chi connectivity index (χ1n) is 10.9. The molecule has 0 heterocycles. The Kier molecular flexibility index (Phi) is 21.3. The van der Waals surface area contributed by atoms with E-state index >= 15 is 0 Å². The SMILES string of the molecule is CC(C)CCOCCNC(=O)CCOCCOCCOCCOCCNC(C)C. The molecule has 0 atom stereocenters. The van der Waals surface area contributed by atoms with Gasteiger partial charge in [-0.2, -0.15) is 0 Å². The molecule has 0 saturated heterocycles. The number of carbonyl (C=O) groups is 1. The van der Waals surface area contributed by atoms with Crippen molar-refractivity contribution < 1.29 is 28.5 Å². The van der Waals surface area contributed by atoms with Gasteiger partial charge in [0.2, 0.25) is 5.91 Å². The summed E-state index contributed by atoms with van der Waals surface area (Å²) in [6.07, 6.45) is 1.39. The molecule has 1 amide bonds. The summed E-state index contributed by atoms with van der Waals surface area (Å²) in [6.45, 7) is 15.5. The molecule has 0 radical (unpaired) electrons. The molecular formula is C21H44N2O6. The number of rotatable bonds is 22. The molecule has 2 N–H and O–H groups in total. The van der Waals surface area contributed by atoms with Gasteiger partial charge >= 0.3 is 0 Å². The molecular weight excluding hydrogens is 376 g/mol. The van der Waals surface area contributed by atoms with E-state index in [2.05, 4.69) is 38.3 Å². The van der Waals surface area contributed by atoms with Gasteiger partial charge in [0.1, 0.15) is 0 Å². The van der Waals surface area contributed by atoms with E-state index in [0.717, 1.165) is 19.6 Å². The van der Waals surface area contributed by atoms with Gasteiger partial charge in [-0.05, 0) is 12.3 Å². The van der Waals surface area contributed by atoms with Crippen molar-refractivity contribution in [1.29, 1.82) is 0 Å². The van der Waals surface area contributed by atoms with Gasteiger partial charge in [0.25, 0.3) is 0 Å². The molecule has 0 unspecified atom stereocenters. The fourth-order valence-electron chi connectivity index (χ4n) is 2.12. The summed E-state index contributed by atoms with van der Waals surface area (Å²) in [5.41, 5.74) is 0. The van der Waals surface area contributed by atoms with E-state index in [1.54, 1.807) is 0 Å². The van der Waals surface area contributed by atoms with Crippen LogP contribution in [0.25, 0.3) is 0 Å². The Balaban J connectivity index is 3.15. The number of amides is 1. The lowest BCUT2D eigenvalue weighted by molar-refractivity contribution is -0.122. The van der Waals surface area contributed by atoms with Crippen LogP contribution in [0.1, 0.15) is 40.5 Å². The zero-order chi connectivity index (χ0) is 21.6. The minimum Gasteiger partial charge on any atom is -0.380 e. The van der Waals surface area contributed by atoms with Crippen LogP contribution in [0.2, 0.25) is 0 Å². The summed E-state index contributed by atoms with van der Waals surface area (Å²) in [5, 5.41) is 6.10. The van der Waals surface area contributed by atoms with Crippen LogP contribution in [-0.2, 0) is 28.5 Å². The average molecular weight is 421 g/mol. The van der Waals surface area contributed by atoms with Crippen LogP contribution in [0.15, 0.2) is 0 Å². The third kappa shape index (κ3) is 25.2. The van der Waals surface area contributed by atoms with E-state index < -0.39 is 0 Å². The van der Waals surface area contributed by atoms with E-state index in [1.807, 2.05) is 0 Å². The lowest BCUT2D eigenvalue weighted by Gasteiger charge is -2.09. The Morgan fingerprint density at radius 1 is 0.655 bits per heavy atom. The number of hydrogen-bond acceptors (Lipinski definition) is 7. The van der Waals surface area contributed by atoms with Gasteiger partial charge in [0.05, 0.1) is 59.5 Å². The summed E-state index contributed by atoms with van der Waals surface area (Å²) in [4.78, 5) is 11.6. The highest BCUT2D eigenvalue weighted by atomic mass is 16.6. The maximum absolute atomic E-state index is 11.6. The summed E-state index contributed by atoms with van der Waals surface area (Å²) in [7, 11) is 0. The van der Waals surface area contributed by atoms with Crippen LogP contribution >= 0.6 is 0 Å². The largest absolute Gasteiger partial charge is 0.380 e. The Morgan fingerprint density at radius 3 is 1.69 bits per heavy atom. The van der Waals surface area contributed by atoms with Gasteiger partial charge in [-0.25, -0.2) is 0 Å². The average Bonchev–Trinajstić information content (AvgIpc) is 2.67. The van der Waals surface area contributed by atoms with Crippen LogP contribution in [0.4, 0.5) is 0 Å². The highest BCUT2D eigenvalue weighted by Gasteiger charge is 2.01. The van der Waals surface area contributed by atoms with Crippen molar-refractivity contribution in [2.45, 2.75) is 46.6 Å². The molecule has 0 aliphatic carbocycles. The molecule has 0 spiro atoms. The minimum absolute atomic E-state index is 0.0195. The normalized spacial score (nSPS) is 11.5. The van der Waals surface area contributed by atoms with Crippen molar-refractivity contribution in [1.82, 2.24) is 10.6 Å². The third-order valence-electron chi connectivity index (χ3n) is 3.80. The molecule has 29 heavy (non-hydrogen) atoms. The van der Waals surface area contributed by atoms with Gasteiger partial charge in [-0.1, -0.05) is 27.7 Å². The van der Waals surface area contributed by atoms with E-state index in [9.17, 15) is 4.79 Å². The summed E-state index contributed by atoms with van der Waals surface area (Å²) >= 11 is 0. The molecule has 8 nitrogen and oxygen atoms in total. The molecule has 0 saturated carbocycles. The molecule has 0 bridgehead atoms. The maximum Gasteiger partial charge on any atom is 0.222 e. The van der Waals surface area contributed by atoms with Crippen LogP contribution < -0.4 is 10.6 Å². The molecule has 0 aliphatic heterocycles. The number of hydrogen-bond donors (Lipinski definition) is 2. The predicted molar refractivity (Wildman–Crippen MR) is 114 cm³/mol. The van der Waals surface area contributed by atoms with Crippen molar-refractivity contribution in [3.63, 3.8) is 0 Å². The van der Waals surface area contributed by atoms with Crippen LogP contribution in [0, 0.1) is 5.92 Å². The minimum atomic E-state index is -0.0195. The number of ether oxygens (including phenoxy) is 5. The highest BCUT2D eigenvalue weighted by molar-refractivity contribution is 5.75. The van der Waals surface area contributed by atoms with Crippen molar-refractivity contribution in [2.24, 2.45) is 5.92 Å². The van der Waals surface area contributed by atoms with Gasteiger partial charge in [-0.3, -0.25) is 4.79 Å². The quantitative estimate of drug-likeness (QED) is 0.257. The zero-order valence-electron chi connectivity index (χ0n) is 19.0. The standard InChI is InChI=1S/C21H44N2O6/c1-19(2)5-9-25-12-8-23-21(24)6-10-26-13-15-28-17-18-29-16-14-27-11-7-22-20(3)4/h19-20,22H,5-18H2,1-4H3,(H,23,24).